The van der Waals surface area contributed by atoms with Gasteiger partial charge in [0.05, 0.1) is 23.7 Å². The molecule has 0 fully saturated rings. The largest absolute Gasteiger partial charge is 0.494 e. The van der Waals surface area contributed by atoms with Gasteiger partial charge in [-0.05, 0) is 48.7 Å². The molecule has 2 aromatic rings. The molecule has 7 heteroatoms. The number of non-ortho nitro benzene ring substituents is 1. The molecule has 0 aromatic heterocycles. The van der Waals surface area contributed by atoms with Gasteiger partial charge in [0.15, 0.2) is 0 Å². The van der Waals surface area contributed by atoms with E-state index in [1.54, 1.807) is 12.1 Å². The van der Waals surface area contributed by atoms with Crippen molar-refractivity contribution >= 4 is 17.3 Å². The molecule has 2 rings (SSSR count). The summed E-state index contributed by atoms with van der Waals surface area (Å²) in [4.78, 5) is 22.2. The number of nitro groups is 1. The number of hydrogen-bond acceptors (Lipinski definition) is 5. The summed E-state index contributed by atoms with van der Waals surface area (Å²) >= 11 is 0. The predicted octanol–water partition coefficient (Wildman–Crippen LogP) is 4.25. The van der Waals surface area contributed by atoms with Crippen LogP contribution in [0.2, 0.25) is 0 Å². The molecule has 28 heavy (non-hydrogen) atoms. The van der Waals surface area contributed by atoms with Crippen LogP contribution < -0.4 is 10.2 Å². The van der Waals surface area contributed by atoms with Gasteiger partial charge in [0.1, 0.15) is 5.75 Å². The lowest BCUT2D eigenvalue weighted by atomic mass is 10.1. The second-order valence-corrected chi connectivity index (χ2v) is 6.41. The zero-order valence-corrected chi connectivity index (χ0v) is 16.2. The summed E-state index contributed by atoms with van der Waals surface area (Å²) < 4.78 is 5.68. The van der Waals surface area contributed by atoms with Crippen LogP contribution in [0, 0.1) is 10.1 Å². The van der Waals surface area contributed by atoms with Gasteiger partial charge in [0.25, 0.3) is 5.69 Å². The standard InChI is InChI=1S/C21H25N3O4/c1-3-4-5-14-28-20-12-8-18(9-13-20)16(2)22-23-21(25)15-17-6-10-19(11-7-17)24(26)27/h6-13H,3-5,14-15H2,1-2H3,(H,23,25)/b22-16+. The second-order valence-electron chi connectivity index (χ2n) is 6.41. The van der Waals surface area contributed by atoms with E-state index in [0.717, 1.165) is 30.6 Å². The molecule has 0 spiro atoms. The molecule has 0 aliphatic heterocycles. The summed E-state index contributed by atoms with van der Waals surface area (Å²) in [7, 11) is 0. The minimum atomic E-state index is -0.473. The van der Waals surface area contributed by atoms with Gasteiger partial charge < -0.3 is 4.74 Å². The lowest BCUT2D eigenvalue weighted by Crippen LogP contribution is -2.21. The van der Waals surface area contributed by atoms with E-state index in [9.17, 15) is 14.9 Å². The Bertz CT molecular complexity index is 815. The number of nitro benzene ring substituents is 1. The molecular formula is C21H25N3O4. The van der Waals surface area contributed by atoms with Crippen LogP contribution in [-0.2, 0) is 11.2 Å². The van der Waals surface area contributed by atoms with Crippen molar-refractivity contribution in [2.24, 2.45) is 5.10 Å². The maximum Gasteiger partial charge on any atom is 0.269 e. The van der Waals surface area contributed by atoms with E-state index in [4.69, 9.17) is 4.74 Å². The fraction of sp³-hybridized carbons (Fsp3) is 0.333. The van der Waals surface area contributed by atoms with Crippen molar-refractivity contribution in [1.82, 2.24) is 5.43 Å². The van der Waals surface area contributed by atoms with Gasteiger partial charge in [0, 0.05) is 12.1 Å². The van der Waals surface area contributed by atoms with Crippen LogP contribution >= 0.6 is 0 Å². The molecule has 0 bridgehead atoms. The highest BCUT2D eigenvalue weighted by molar-refractivity contribution is 5.99. The number of hydrazone groups is 1. The Morgan fingerprint density at radius 3 is 2.39 bits per heavy atom. The van der Waals surface area contributed by atoms with Crippen molar-refractivity contribution in [3.63, 3.8) is 0 Å². The van der Waals surface area contributed by atoms with Crippen molar-refractivity contribution in [1.29, 1.82) is 0 Å². The number of ether oxygens (including phenoxy) is 1. The summed E-state index contributed by atoms with van der Waals surface area (Å²) in [6.07, 6.45) is 3.45. The molecular weight excluding hydrogens is 358 g/mol. The molecule has 7 nitrogen and oxygen atoms in total. The molecule has 0 saturated carbocycles. The van der Waals surface area contributed by atoms with Gasteiger partial charge in [-0.1, -0.05) is 31.9 Å². The highest BCUT2D eigenvalue weighted by Gasteiger charge is 2.07. The van der Waals surface area contributed by atoms with Gasteiger partial charge >= 0.3 is 0 Å². The molecule has 0 aliphatic rings. The molecule has 1 amide bonds. The van der Waals surface area contributed by atoms with Crippen LogP contribution in [0.25, 0.3) is 0 Å². The Kier molecular flexibility index (Phi) is 8.14. The molecule has 0 saturated heterocycles. The molecule has 0 aliphatic carbocycles. The highest BCUT2D eigenvalue weighted by Crippen LogP contribution is 2.14. The maximum atomic E-state index is 12.0. The van der Waals surface area contributed by atoms with E-state index in [1.165, 1.54) is 12.1 Å². The lowest BCUT2D eigenvalue weighted by molar-refractivity contribution is -0.384. The molecule has 0 atom stereocenters. The van der Waals surface area contributed by atoms with E-state index in [0.29, 0.717) is 17.9 Å². The number of nitrogens with one attached hydrogen (secondary N) is 1. The normalized spacial score (nSPS) is 11.1. The van der Waals surface area contributed by atoms with Crippen molar-refractivity contribution in [2.75, 3.05) is 6.61 Å². The lowest BCUT2D eigenvalue weighted by Gasteiger charge is -2.07. The summed E-state index contributed by atoms with van der Waals surface area (Å²) in [5.74, 6) is 0.527. The first-order valence-electron chi connectivity index (χ1n) is 9.29. The van der Waals surface area contributed by atoms with E-state index >= 15 is 0 Å². The third kappa shape index (κ3) is 6.83. The number of carbonyl (C=O) groups is 1. The number of unbranched alkanes of at least 4 members (excludes halogenated alkanes) is 2. The SMILES string of the molecule is CCCCCOc1ccc(/C(C)=N/NC(=O)Cc2ccc([N+](=O)[O-])cc2)cc1. The van der Waals surface area contributed by atoms with Gasteiger partial charge in [-0.15, -0.1) is 0 Å². The molecule has 148 valence electrons. The third-order valence-corrected chi connectivity index (χ3v) is 4.15. The zero-order chi connectivity index (χ0) is 20.4. The van der Waals surface area contributed by atoms with Crippen LogP contribution in [0.5, 0.6) is 5.75 Å². The van der Waals surface area contributed by atoms with Gasteiger partial charge in [-0.3, -0.25) is 14.9 Å². The van der Waals surface area contributed by atoms with Gasteiger partial charge in [0.2, 0.25) is 5.91 Å². The average Bonchev–Trinajstić information content (AvgIpc) is 2.70. The first-order valence-corrected chi connectivity index (χ1v) is 9.29. The third-order valence-electron chi connectivity index (χ3n) is 4.15. The Morgan fingerprint density at radius 1 is 1.11 bits per heavy atom. The summed E-state index contributed by atoms with van der Waals surface area (Å²) in [5.41, 5.74) is 4.75. The van der Waals surface area contributed by atoms with Crippen molar-refractivity contribution in [2.45, 2.75) is 39.5 Å². The number of hydrogen-bond donors (Lipinski definition) is 1. The van der Waals surface area contributed by atoms with E-state index in [-0.39, 0.29) is 18.0 Å². The van der Waals surface area contributed by atoms with Crippen LogP contribution in [0.4, 0.5) is 5.69 Å². The second kappa shape index (κ2) is 10.8. The highest BCUT2D eigenvalue weighted by atomic mass is 16.6. The Labute approximate surface area is 164 Å². The van der Waals surface area contributed by atoms with E-state index < -0.39 is 4.92 Å². The summed E-state index contributed by atoms with van der Waals surface area (Å²) in [6, 6.07) is 13.5. The Hall–Kier alpha value is -3.22. The minimum Gasteiger partial charge on any atom is -0.494 e. The quantitative estimate of drug-likeness (QED) is 0.287. The molecule has 1 N–H and O–H groups in total. The number of benzene rings is 2. The zero-order valence-electron chi connectivity index (χ0n) is 16.2. The van der Waals surface area contributed by atoms with Crippen LogP contribution in [0.15, 0.2) is 53.6 Å². The monoisotopic (exact) mass is 383 g/mol. The number of rotatable bonds is 10. The smallest absolute Gasteiger partial charge is 0.269 e. The van der Waals surface area contributed by atoms with Gasteiger partial charge in [-0.2, -0.15) is 5.10 Å². The fourth-order valence-electron chi connectivity index (χ4n) is 2.51. The van der Waals surface area contributed by atoms with E-state index in [1.807, 2.05) is 31.2 Å². The fourth-order valence-corrected chi connectivity index (χ4v) is 2.51. The Morgan fingerprint density at radius 2 is 1.79 bits per heavy atom. The summed E-state index contributed by atoms with van der Waals surface area (Å²) in [6.45, 7) is 4.67. The van der Waals surface area contributed by atoms with Gasteiger partial charge in [-0.25, -0.2) is 5.43 Å². The van der Waals surface area contributed by atoms with Crippen LogP contribution in [0.1, 0.15) is 44.2 Å². The van der Waals surface area contributed by atoms with Crippen molar-refractivity contribution in [3.05, 3.63) is 69.8 Å². The Balaban J connectivity index is 1.85. The van der Waals surface area contributed by atoms with Crippen molar-refractivity contribution < 1.29 is 14.5 Å². The number of amides is 1. The summed E-state index contributed by atoms with van der Waals surface area (Å²) in [5, 5.41) is 14.8. The number of nitrogens with zero attached hydrogens (tertiary/aromatic N) is 2. The first kappa shape index (κ1) is 21.1. The predicted molar refractivity (Wildman–Crippen MR) is 109 cm³/mol. The molecule has 0 heterocycles. The topological polar surface area (TPSA) is 93.8 Å². The van der Waals surface area contributed by atoms with Crippen LogP contribution in [0.3, 0.4) is 0 Å². The maximum absolute atomic E-state index is 12.0. The van der Waals surface area contributed by atoms with Crippen LogP contribution in [-0.4, -0.2) is 23.1 Å². The first-order chi connectivity index (χ1) is 13.5. The average molecular weight is 383 g/mol. The molecule has 0 unspecified atom stereocenters. The molecule has 2 aromatic carbocycles. The number of carbonyl (C=O) groups excluding carboxylic acids is 1. The van der Waals surface area contributed by atoms with Crippen molar-refractivity contribution in [3.8, 4) is 5.75 Å². The van der Waals surface area contributed by atoms with E-state index in [2.05, 4.69) is 17.5 Å². The minimum absolute atomic E-state index is 0.00388. The molecule has 0 radical (unpaired) electrons.